The summed E-state index contributed by atoms with van der Waals surface area (Å²) < 4.78 is 1.67. The van der Waals surface area contributed by atoms with Gasteiger partial charge >= 0.3 is 0 Å². The molecule has 0 aliphatic carbocycles. The molecule has 0 unspecified atom stereocenters. The summed E-state index contributed by atoms with van der Waals surface area (Å²) >= 11 is 0. The van der Waals surface area contributed by atoms with Crippen LogP contribution in [0.3, 0.4) is 0 Å². The van der Waals surface area contributed by atoms with Crippen LogP contribution in [0.4, 0.5) is 5.69 Å². The average molecular weight is 220 g/mol. The molecule has 1 aromatic carbocycles. The van der Waals surface area contributed by atoms with Crippen LogP contribution in [0, 0.1) is 10.1 Å². The standard InChI is InChI=1S/C10H9N3O3/c14-10-5-6-12(11-10)7-8-1-3-9(4-2-8)13(15)16/h1-4,7H,5-6H2/p+1/b12-7-. The first-order valence-corrected chi connectivity index (χ1v) is 4.80. The Balaban J connectivity index is 2.16. The van der Waals surface area contributed by atoms with E-state index < -0.39 is 4.92 Å². The van der Waals surface area contributed by atoms with Crippen LogP contribution in [-0.2, 0) is 4.79 Å². The summed E-state index contributed by atoms with van der Waals surface area (Å²) in [6.07, 6.45) is 2.22. The normalized spacial score (nSPS) is 17.5. The van der Waals surface area contributed by atoms with Gasteiger partial charge in [0.2, 0.25) is 6.21 Å². The molecule has 1 saturated heterocycles. The van der Waals surface area contributed by atoms with Crippen LogP contribution < -0.4 is 5.43 Å². The Hall–Kier alpha value is -2.24. The Labute approximate surface area is 91.3 Å². The number of rotatable bonds is 2. The van der Waals surface area contributed by atoms with Crippen molar-refractivity contribution < 1.29 is 14.4 Å². The number of carbonyl (C=O) groups is 1. The molecule has 16 heavy (non-hydrogen) atoms. The zero-order chi connectivity index (χ0) is 11.5. The van der Waals surface area contributed by atoms with E-state index in [1.165, 1.54) is 12.1 Å². The van der Waals surface area contributed by atoms with E-state index in [0.29, 0.717) is 13.0 Å². The quantitative estimate of drug-likeness (QED) is 0.447. The smallest absolute Gasteiger partial charge is 0.269 e. The number of carbonyl (C=O) groups excluding carboxylic acids is 1. The molecular weight excluding hydrogens is 210 g/mol. The fraction of sp³-hybridized carbons (Fsp3) is 0.200. The second kappa shape index (κ2) is 4.09. The van der Waals surface area contributed by atoms with Crippen molar-refractivity contribution in [2.45, 2.75) is 6.42 Å². The largest absolute Gasteiger partial charge is 0.280 e. The van der Waals surface area contributed by atoms with Crippen molar-refractivity contribution in [3.8, 4) is 0 Å². The number of nitrogens with one attached hydrogen (secondary N) is 1. The maximum atomic E-state index is 10.9. The highest BCUT2D eigenvalue weighted by molar-refractivity contribution is 5.79. The maximum absolute atomic E-state index is 10.9. The number of hydrazine groups is 1. The fourth-order valence-corrected chi connectivity index (χ4v) is 1.45. The van der Waals surface area contributed by atoms with Gasteiger partial charge in [-0.2, -0.15) is 0 Å². The second-order valence-electron chi connectivity index (χ2n) is 3.46. The van der Waals surface area contributed by atoms with Crippen molar-refractivity contribution in [2.24, 2.45) is 0 Å². The van der Waals surface area contributed by atoms with Gasteiger partial charge in [0.1, 0.15) is 0 Å². The molecule has 1 aromatic rings. The van der Waals surface area contributed by atoms with Crippen LogP contribution in [-0.4, -0.2) is 28.3 Å². The number of nitrogens with zero attached hydrogens (tertiary/aromatic N) is 2. The SMILES string of the molecule is O=C1CC/[N+](=C/c2ccc([N+](=O)[O-])cc2)N1. The molecule has 1 aliphatic rings. The van der Waals surface area contributed by atoms with E-state index >= 15 is 0 Å². The monoisotopic (exact) mass is 220 g/mol. The predicted octanol–water partition coefficient (Wildman–Crippen LogP) is 0.461. The summed E-state index contributed by atoms with van der Waals surface area (Å²) in [4.78, 5) is 20.9. The van der Waals surface area contributed by atoms with E-state index in [9.17, 15) is 14.9 Å². The Morgan fingerprint density at radius 1 is 1.38 bits per heavy atom. The van der Waals surface area contributed by atoms with Crippen LogP contribution >= 0.6 is 0 Å². The zero-order valence-corrected chi connectivity index (χ0v) is 8.42. The number of nitro benzene ring substituents is 1. The molecule has 0 aromatic heterocycles. The molecule has 1 N–H and O–H groups in total. The molecule has 6 nitrogen and oxygen atoms in total. The van der Waals surface area contributed by atoms with Gasteiger partial charge in [-0.05, 0) is 12.1 Å². The lowest BCUT2D eigenvalue weighted by Crippen LogP contribution is -2.25. The Morgan fingerprint density at radius 3 is 2.56 bits per heavy atom. The van der Waals surface area contributed by atoms with Gasteiger partial charge in [-0.1, -0.05) is 0 Å². The third-order valence-corrected chi connectivity index (χ3v) is 2.26. The molecule has 2 rings (SSSR count). The van der Waals surface area contributed by atoms with Crippen molar-refractivity contribution in [3.63, 3.8) is 0 Å². The fourth-order valence-electron chi connectivity index (χ4n) is 1.45. The van der Waals surface area contributed by atoms with E-state index in [1.807, 2.05) is 0 Å². The minimum atomic E-state index is -0.443. The summed E-state index contributed by atoms with van der Waals surface area (Å²) in [7, 11) is 0. The van der Waals surface area contributed by atoms with E-state index in [0.717, 1.165) is 5.56 Å². The topological polar surface area (TPSA) is 75.2 Å². The molecule has 1 fully saturated rings. The van der Waals surface area contributed by atoms with Crippen LogP contribution in [0.2, 0.25) is 0 Å². The van der Waals surface area contributed by atoms with Crippen LogP contribution in [0.5, 0.6) is 0 Å². The summed E-state index contributed by atoms with van der Waals surface area (Å²) in [5.41, 5.74) is 3.52. The van der Waals surface area contributed by atoms with Crippen LogP contribution in [0.1, 0.15) is 12.0 Å². The first-order valence-electron chi connectivity index (χ1n) is 4.80. The lowest BCUT2D eigenvalue weighted by atomic mass is 10.2. The van der Waals surface area contributed by atoms with Crippen molar-refractivity contribution >= 4 is 17.8 Å². The summed E-state index contributed by atoms with van der Waals surface area (Å²) in [5.74, 6) is -0.0156. The zero-order valence-electron chi connectivity index (χ0n) is 8.42. The number of amides is 1. The van der Waals surface area contributed by atoms with Crippen molar-refractivity contribution in [1.82, 2.24) is 5.43 Å². The second-order valence-corrected chi connectivity index (χ2v) is 3.46. The molecule has 1 heterocycles. The van der Waals surface area contributed by atoms with Crippen molar-refractivity contribution in [3.05, 3.63) is 39.9 Å². The molecule has 1 aliphatic heterocycles. The van der Waals surface area contributed by atoms with Gasteiger partial charge in [0.25, 0.3) is 11.6 Å². The van der Waals surface area contributed by atoms with Gasteiger partial charge < -0.3 is 0 Å². The van der Waals surface area contributed by atoms with Crippen LogP contribution in [0.25, 0.3) is 0 Å². The maximum Gasteiger partial charge on any atom is 0.280 e. The van der Waals surface area contributed by atoms with E-state index in [2.05, 4.69) is 5.43 Å². The summed E-state index contributed by atoms with van der Waals surface area (Å²) in [5, 5.41) is 10.4. The predicted molar refractivity (Wildman–Crippen MR) is 56.1 cm³/mol. The lowest BCUT2D eigenvalue weighted by molar-refractivity contribution is -0.553. The number of hydrogen-bond donors (Lipinski definition) is 1. The number of non-ortho nitro benzene ring substituents is 1. The highest BCUT2D eigenvalue weighted by Gasteiger charge is 2.20. The molecule has 0 bridgehead atoms. The summed E-state index contributed by atoms with van der Waals surface area (Å²) in [6, 6.07) is 6.15. The lowest BCUT2D eigenvalue weighted by Gasteiger charge is -1.93. The van der Waals surface area contributed by atoms with Crippen LogP contribution in [0.15, 0.2) is 24.3 Å². The Kier molecular flexibility index (Phi) is 2.63. The Morgan fingerprint density at radius 2 is 2.06 bits per heavy atom. The number of nitro groups is 1. The first kappa shape index (κ1) is 10.3. The third-order valence-electron chi connectivity index (χ3n) is 2.26. The molecular formula is C10H10N3O3+. The Bertz CT molecular complexity index is 465. The summed E-state index contributed by atoms with van der Waals surface area (Å²) in [6.45, 7) is 0.621. The van der Waals surface area contributed by atoms with Gasteiger partial charge in [-0.25, -0.2) is 0 Å². The molecule has 0 radical (unpaired) electrons. The minimum absolute atomic E-state index is 0.0156. The average Bonchev–Trinajstić information content (AvgIpc) is 2.65. The minimum Gasteiger partial charge on any atom is -0.269 e. The van der Waals surface area contributed by atoms with Gasteiger partial charge in [-0.15, -0.1) is 10.1 Å². The van der Waals surface area contributed by atoms with E-state index in [1.54, 1.807) is 23.0 Å². The molecule has 82 valence electrons. The molecule has 0 saturated carbocycles. The number of benzene rings is 1. The number of hydrogen-bond acceptors (Lipinski definition) is 3. The highest BCUT2D eigenvalue weighted by Crippen LogP contribution is 2.10. The van der Waals surface area contributed by atoms with Gasteiger partial charge in [0, 0.05) is 17.7 Å². The van der Waals surface area contributed by atoms with Gasteiger partial charge in [0.05, 0.1) is 11.3 Å². The molecule has 1 amide bonds. The molecule has 0 spiro atoms. The first-order chi connectivity index (χ1) is 7.65. The molecule has 0 atom stereocenters. The van der Waals surface area contributed by atoms with Crippen molar-refractivity contribution in [2.75, 3.05) is 6.54 Å². The van der Waals surface area contributed by atoms with E-state index in [-0.39, 0.29) is 11.6 Å². The third kappa shape index (κ3) is 2.22. The van der Waals surface area contributed by atoms with Gasteiger partial charge in [-0.3, -0.25) is 14.9 Å². The highest BCUT2D eigenvalue weighted by atomic mass is 16.6. The van der Waals surface area contributed by atoms with Crippen molar-refractivity contribution in [1.29, 1.82) is 0 Å². The van der Waals surface area contributed by atoms with E-state index in [4.69, 9.17) is 0 Å². The van der Waals surface area contributed by atoms with Gasteiger partial charge in [0.15, 0.2) is 6.54 Å². The molecule has 6 heteroatoms. The number of hydrazone groups is 1.